The summed E-state index contributed by atoms with van der Waals surface area (Å²) in [5.41, 5.74) is 2.84. The second kappa shape index (κ2) is 10.4. The van der Waals surface area contributed by atoms with E-state index >= 15 is 4.39 Å². The molecule has 1 saturated carbocycles. The molecule has 2 N–H and O–H groups in total. The van der Waals surface area contributed by atoms with Crippen molar-refractivity contribution in [3.8, 4) is 5.82 Å². The molecule has 0 radical (unpaired) electrons. The summed E-state index contributed by atoms with van der Waals surface area (Å²) >= 11 is 0. The number of anilines is 3. The van der Waals surface area contributed by atoms with Gasteiger partial charge in [0.15, 0.2) is 17.3 Å². The fraction of sp³-hybridized carbons (Fsp3) is 0.393. The van der Waals surface area contributed by atoms with Gasteiger partial charge in [0.05, 0.1) is 23.7 Å². The van der Waals surface area contributed by atoms with E-state index in [-0.39, 0.29) is 24.4 Å². The maximum Gasteiger partial charge on any atom is 0.229 e. The minimum absolute atomic E-state index is 0.0853. The van der Waals surface area contributed by atoms with Crippen LogP contribution >= 0.6 is 0 Å². The SMILES string of the molecule is CN1CCN(c2ccc(Nc3ncc4c(F)c(C5CC5)n(-c5cccc(N=S(C)(C)=O)n5)c4n3)cc2)CC1CO. The van der Waals surface area contributed by atoms with E-state index in [2.05, 4.69) is 29.4 Å². The van der Waals surface area contributed by atoms with Crippen LogP contribution in [0.4, 0.5) is 27.5 Å². The summed E-state index contributed by atoms with van der Waals surface area (Å²) in [6.07, 6.45) is 6.40. The molecule has 6 rings (SSSR count). The molecule has 0 amide bonds. The molecule has 210 valence electrons. The second-order valence-corrected chi connectivity index (χ2v) is 13.3. The molecular formula is C28H33FN8O2S. The number of aliphatic hydroxyl groups excluding tert-OH is 1. The molecule has 1 aliphatic carbocycles. The number of rotatable bonds is 7. The van der Waals surface area contributed by atoms with Crippen LogP contribution in [0.15, 0.2) is 53.0 Å². The fourth-order valence-corrected chi connectivity index (χ4v) is 5.69. The standard InChI is InChI=1S/C28H33FN8O2S/c1-35-13-14-36(16-21(35)17-38)20-11-9-19(10-12-20)31-28-30-15-22-25(29)26(18-7-8-18)37(27(22)33-28)24-6-4-5-23(32-24)34-40(2,3)39/h4-6,9-12,15,18,21,38H,7-8,13-14,16-17H2,1-3H3,(H,30,31,33). The largest absolute Gasteiger partial charge is 0.395 e. The molecule has 4 aromatic rings. The Morgan fingerprint density at radius 2 is 1.90 bits per heavy atom. The molecule has 4 heterocycles. The molecule has 3 aromatic heterocycles. The van der Waals surface area contributed by atoms with Crippen LogP contribution in [-0.2, 0) is 9.73 Å². The van der Waals surface area contributed by atoms with Crippen LogP contribution in [0.5, 0.6) is 0 Å². The summed E-state index contributed by atoms with van der Waals surface area (Å²) in [4.78, 5) is 18.2. The normalized spacial score (nSPS) is 18.3. The monoisotopic (exact) mass is 564 g/mol. The van der Waals surface area contributed by atoms with Crippen molar-refractivity contribution in [2.75, 3.05) is 56.0 Å². The van der Waals surface area contributed by atoms with Crippen LogP contribution in [0.25, 0.3) is 16.9 Å². The van der Waals surface area contributed by atoms with Crippen LogP contribution in [0.3, 0.4) is 0 Å². The highest BCUT2D eigenvalue weighted by Crippen LogP contribution is 2.45. The number of benzene rings is 1. The van der Waals surface area contributed by atoms with E-state index in [9.17, 15) is 9.32 Å². The zero-order chi connectivity index (χ0) is 28.0. The molecule has 40 heavy (non-hydrogen) atoms. The Kier molecular flexibility index (Phi) is 6.93. The van der Waals surface area contributed by atoms with Gasteiger partial charge in [0.2, 0.25) is 5.95 Å². The Balaban J connectivity index is 1.32. The third kappa shape index (κ3) is 5.38. The van der Waals surface area contributed by atoms with Crippen molar-refractivity contribution in [2.45, 2.75) is 24.8 Å². The molecule has 1 aromatic carbocycles. The summed E-state index contributed by atoms with van der Waals surface area (Å²) in [5, 5.41) is 13.3. The fourth-order valence-electron chi connectivity index (χ4n) is 5.13. The average Bonchev–Trinajstić information content (AvgIpc) is 3.72. The number of likely N-dealkylation sites (N-methyl/N-ethyl adjacent to an activating group) is 1. The number of aliphatic hydroxyl groups is 1. The first kappa shape index (κ1) is 26.6. The van der Waals surface area contributed by atoms with Crippen LogP contribution in [-0.4, -0.2) is 85.6 Å². The Morgan fingerprint density at radius 1 is 1.12 bits per heavy atom. The summed E-state index contributed by atoms with van der Waals surface area (Å²) in [5.74, 6) is 0.896. The lowest BCUT2D eigenvalue weighted by Crippen LogP contribution is -2.53. The number of nitrogens with zero attached hydrogens (tertiary/aromatic N) is 7. The number of aromatic nitrogens is 4. The quantitative estimate of drug-likeness (QED) is 0.346. The average molecular weight is 565 g/mol. The highest BCUT2D eigenvalue weighted by molar-refractivity contribution is 7.92. The lowest BCUT2D eigenvalue weighted by atomic mass is 10.1. The highest BCUT2D eigenvalue weighted by atomic mass is 32.2. The Labute approximate surface area is 233 Å². The maximum absolute atomic E-state index is 15.7. The molecule has 10 nitrogen and oxygen atoms in total. The maximum atomic E-state index is 15.7. The highest BCUT2D eigenvalue weighted by Gasteiger charge is 2.34. The van der Waals surface area contributed by atoms with Gasteiger partial charge in [-0.25, -0.2) is 18.6 Å². The van der Waals surface area contributed by atoms with E-state index in [0.717, 1.165) is 43.9 Å². The minimum atomic E-state index is -2.41. The van der Waals surface area contributed by atoms with E-state index in [0.29, 0.717) is 34.3 Å². The lowest BCUT2D eigenvalue weighted by molar-refractivity contribution is 0.135. The van der Waals surface area contributed by atoms with Crippen LogP contribution in [0.1, 0.15) is 24.5 Å². The molecular weight excluding hydrogens is 531 g/mol. The molecule has 0 bridgehead atoms. The predicted molar refractivity (Wildman–Crippen MR) is 156 cm³/mol. The zero-order valence-electron chi connectivity index (χ0n) is 22.8. The van der Waals surface area contributed by atoms with Crippen LogP contribution < -0.4 is 10.2 Å². The van der Waals surface area contributed by atoms with Crippen molar-refractivity contribution in [3.05, 3.63) is 60.2 Å². The van der Waals surface area contributed by atoms with Gasteiger partial charge < -0.3 is 15.3 Å². The molecule has 1 unspecified atom stereocenters. The molecule has 0 spiro atoms. The van der Waals surface area contributed by atoms with E-state index in [1.165, 1.54) is 6.20 Å². The Hall–Kier alpha value is -3.61. The van der Waals surface area contributed by atoms with Gasteiger partial charge in [-0.1, -0.05) is 6.07 Å². The Bertz CT molecular complexity index is 1670. The molecule has 1 atom stereocenters. The van der Waals surface area contributed by atoms with E-state index in [1.807, 2.05) is 31.3 Å². The first-order chi connectivity index (χ1) is 19.2. The molecule has 2 fully saturated rings. The van der Waals surface area contributed by atoms with Gasteiger partial charge in [-0.15, -0.1) is 0 Å². The summed E-state index contributed by atoms with van der Waals surface area (Å²) in [6, 6.07) is 13.4. The summed E-state index contributed by atoms with van der Waals surface area (Å²) < 4.78 is 33.9. The number of halogens is 1. The van der Waals surface area contributed by atoms with Crippen LogP contribution in [0, 0.1) is 5.82 Å². The van der Waals surface area contributed by atoms with E-state index in [4.69, 9.17) is 4.98 Å². The smallest absolute Gasteiger partial charge is 0.229 e. The van der Waals surface area contributed by atoms with Gasteiger partial charge in [0.1, 0.15) is 5.82 Å². The number of hydrogen-bond acceptors (Lipinski definition) is 9. The minimum Gasteiger partial charge on any atom is -0.395 e. The first-order valence-corrected chi connectivity index (χ1v) is 15.7. The van der Waals surface area contributed by atoms with Crippen LogP contribution in [0.2, 0.25) is 0 Å². The third-order valence-corrected chi connectivity index (χ3v) is 8.01. The van der Waals surface area contributed by atoms with Gasteiger partial charge >= 0.3 is 0 Å². The van der Waals surface area contributed by atoms with Crippen molar-refractivity contribution in [1.82, 2.24) is 24.4 Å². The lowest BCUT2D eigenvalue weighted by Gasteiger charge is -2.39. The first-order valence-electron chi connectivity index (χ1n) is 13.3. The molecule has 2 aliphatic rings. The molecule has 1 saturated heterocycles. The van der Waals surface area contributed by atoms with Gasteiger partial charge in [-0.2, -0.15) is 9.35 Å². The Morgan fingerprint density at radius 3 is 2.60 bits per heavy atom. The van der Waals surface area contributed by atoms with E-state index < -0.39 is 9.73 Å². The van der Waals surface area contributed by atoms with Crippen molar-refractivity contribution < 1.29 is 13.7 Å². The second-order valence-electron chi connectivity index (χ2n) is 10.8. The zero-order valence-corrected chi connectivity index (χ0v) is 23.6. The van der Waals surface area contributed by atoms with Crippen molar-refractivity contribution in [1.29, 1.82) is 0 Å². The van der Waals surface area contributed by atoms with Crippen molar-refractivity contribution in [2.24, 2.45) is 4.36 Å². The van der Waals surface area contributed by atoms with Crippen molar-refractivity contribution >= 4 is 43.9 Å². The number of pyridine rings is 1. The number of hydrogen-bond donors (Lipinski definition) is 2. The number of nitrogens with one attached hydrogen (secondary N) is 1. The van der Waals surface area contributed by atoms with Gasteiger partial charge in [-0.3, -0.25) is 9.47 Å². The topological polar surface area (TPSA) is 112 Å². The molecule has 12 heteroatoms. The number of fused-ring (bicyclic) bond motifs is 1. The van der Waals surface area contributed by atoms with E-state index in [1.54, 1.807) is 35.3 Å². The van der Waals surface area contributed by atoms with Crippen molar-refractivity contribution in [3.63, 3.8) is 0 Å². The van der Waals surface area contributed by atoms with Gasteiger partial charge in [-0.05, 0) is 56.3 Å². The number of piperazine rings is 1. The predicted octanol–water partition coefficient (Wildman–Crippen LogP) is 4.05. The van der Waals surface area contributed by atoms with Gasteiger partial charge in [0.25, 0.3) is 0 Å². The van der Waals surface area contributed by atoms with Gasteiger partial charge in [0, 0.05) is 65.4 Å². The summed E-state index contributed by atoms with van der Waals surface area (Å²) in [6.45, 7) is 2.67. The molecule has 1 aliphatic heterocycles. The third-order valence-electron chi connectivity index (χ3n) is 7.39. The summed E-state index contributed by atoms with van der Waals surface area (Å²) in [7, 11) is -0.373.